The van der Waals surface area contributed by atoms with Crippen LogP contribution in [0.25, 0.3) is 0 Å². The summed E-state index contributed by atoms with van der Waals surface area (Å²) in [6.07, 6.45) is 1.92. The van der Waals surface area contributed by atoms with E-state index in [1.807, 2.05) is 63.2 Å². The Balaban J connectivity index is 1.79. The van der Waals surface area contributed by atoms with Crippen LogP contribution in [0.15, 0.2) is 66.7 Å². The number of sulfonamides is 1. The van der Waals surface area contributed by atoms with Crippen LogP contribution in [0.1, 0.15) is 52.0 Å². The number of benzene rings is 3. The lowest BCUT2D eigenvalue weighted by molar-refractivity contribution is 0.0935. The van der Waals surface area contributed by atoms with Crippen molar-refractivity contribution in [3.05, 3.63) is 94.5 Å². The third-order valence-electron chi connectivity index (χ3n) is 5.93. The van der Waals surface area contributed by atoms with Crippen LogP contribution in [0, 0.1) is 13.8 Å². The third kappa shape index (κ3) is 5.97. The summed E-state index contributed by atoms with van der Waals surface area (Å²) >= 11 is 0. The van der Waals surface area contributed by atoms with Gasteiger partial charge in [0.05, 0.1) is 31.6 Å². The van der Waals surface area contributed by atoms with E-state index in [9.17, 15) is 13.2 Å². The van der Waals surface area contributed by atoms with Gasteiger partial charge in [-0.3, -0.25) is 9.10 Å². The van der Waals surface area contributed by atoms with Gasteiger partial charge in [-0.25, -0.2) is 8.42 Å². The van der Waals surface area contributed by atoms with Gasteiger partial charge in [0.1, 0.15) is 5.75 Å². The molecular formula is C27H32N2O4S. The zero-order valence-corrected chi connectivity index (χ0v) is 21.1. The summed E-state index contributed by atoms with van der Waals surface area (Å²) in [7, 11) is -1.88. The molecule has 1 amide bonds. The van der Waals surface area contributed by atoms with E-state index in [0.717, 1.165) is 34.4 Å². The molecule has 180 valence electrons. The molecule has 0 heterocycles. The minimum atomic E-state index is -3.51. The Morgan fingerprint density at radius 2 is 1.68 bits per heavy atom. The minimum Gasteiger partial charge on any atom is -0.496 e. The Labute approximate surface area is 202 Å². The first-order valence-electron chi connectivity index (χ1n) is 11.2. The second-order valence-corrected chi connectivity index (χ2v) is 10.3. The molecule has 1 atom stereocenters. The highest BCUT2D eigenvalue weighted by atomic mass is 32.2. The first-order chi connectivity index (χ1) is 16.1. The van der Waals surface area contributed by atoms with Gasteiger partial charge >= 0.3 is 0 Å². The molecular weight excluding hydrogens is 448 g/mol. The maximum Gasteiger partial charge on any atom is 0.251 e. The summed E-state index contributed by atoms with van der Waals surface area (Å²) in [5, 5.41) is 3.08. The maximum atomic E-state index is 12.9. The quantitative estimate of drug-likeness (QED) is 0.459. The molecule has 1 N–H and O–H groups in total. The predicted molar refractivity (Wildman–Crippen MR) is 137 cm³/mol. The Hall–Kier alpha value is -3.32. The molecule has 3 rings (SSSR count). The van der Waals surface area contributed by atoms with Crippen molar-refractivity contribution in [3.63, 3.8) is 0 Å². The Morgan fingerprint density at radius 1 is 1.00 bits per heavy atom. The van der Waals surface area contributed by atoms with Crippen LogP contribution in [-0.4, -0.2) is 27.7 Å². The fraction of sp³-hybridized carbons (Fsp3) is 0.296. The van der Waals surface area contributed by atoms with Crippen molar-refractivity contribution in [2.75, 3.05) is 17.7 Å². The molecule has 0 spiro atoms. The number of aryl methyl sites for hydroxylation is 2. The molecule has 0 aliphatic rings. The second-order valence-electron chi connectivity index (χ2n) is 8.41. The van der Waals surface area contributed by atoms with E-state index in [4.69, 9.17) is 4.74 Å². The van der Waals surface area contributed by atoms with Gasteiger partial charge in [0.2, 0.25) is 10.0 Å². The van der Waals surface area contributed by atoms with Crippen molar-refractivity contribution in [2.24, 2.45) is 0 Å². The molecule has 0 aromatic heterocycles. The molecule has 0 saturated carbocycles. The van der Waals surface area contributed by atoms with Gasteiger partial charge in [0.15, 0.2) is 0 Å². The monoisotopic (exact) mass is 480 g/mol. The molecule has 34 heavy (non-hydrogen) atoms. The van der Waals surface area contributed by atoms with Crippen LogP contribution in [-0.2, 0) is 16.6 Å². The number of nitrogens with zero attached hydrogens (tertiary/aromatic N) is 1. The highest BCUT2D eigenvalue weighted by Crippen LogP contribution is 2.26. The number of rotatable bonds is 9. The van der Waals surface area contributed by atoms with Crippen molar-refractivity contribution in [1.29, 1.82) is 0 Å². The van der Waals surface area contributed by atoms with E-state index >= 15 is 0 Å². The number of hydrogen-bond acceptors (Lipinski definition) is 4. The van der Waals surface area contributed by atoms with E-state index in [1.54, 1.807) is 31.4 Å². The normalized spacial score (nSPS) is 12.1. The highest BCUT2D eigenvalue weighted by molar-refractivity contribution is 7.92. The smallest absolute Gasteiger partial charge is 0.251 e. The summed E-state index contributed by atoms with van der Waals surface area (Å²) in [6.45, 7) is 6.17. The summed E-state index contributed by atoms with van der Waals surface area (Å²) in [5.41, 5.74) is 4.94. The van der Waals surface area contributed by atoms with Gasteiger partial charge in [-0.1, -0.05) is 43.3 Å². The highest BCUT2D eigenvalue weighted by Gasteiger charge is 2.20. The number of nitrogens with one attached hydrogen (secondary N) is 1. The van der Waals surface area contributed by atoms with Gasteiger partial charge in [-0.2, -0.15) is 0 Å². The van der Waals surface area contributed by atoms with Crippen LogP contribution in [0.3, 0.4) is 0 Å². The summed E-state index contributed by atoms with van der Waals surface area (Å²) in [5.74, 6) is 0.596. The predicted octanol–water partition coefficient (Wildman–Crippen LogP) is 5.16. The number of hydrogen-bond donors (Lipinski definition) is 1. The van der Waals surface area contributed by atoms with Crippen LogP contribution in [0.4, 0.5) is 5.69 Å². The molecule has 0 bridgehead atoms. The molecule has 3 aromatic rings. The standard InChI is InChI=1S/C27H32N2O4S/c1-6-25(22-13-16-26(33-4)20(3)17-22)28-27(30)21-11-14-24(15-12-21)29(34(5,31)32)18-23-10-8-7-9-19(23)2/h7-17,25H,6,18H2,1-5H3,(H,28,30)/t25-/m1/s1. The molecule has 0 saturated heterocycles. The fourth-order valence-electron chi connectivity index (χ4n) is 3.90. The largest absolute Gasteiger partial charge is 0.496 e. The lowest BCUT2D eigenvalue weighted by Crippen LogP contribution is -2.30. The van der Waals surface area contributed by atoms with Gasteiger partial charge in [0, 0.05) is 5.56 Å². The Kier molecular flexibility index (Phi) is 7.99. The number of carbonyl (C=O) groups excluding carboxylic acids is 1. The van der Waals surface area contributed by atoms with Crippen LogP contribution >= 0.6 is 0 Å². The van der Waals surface area contributed by atoms with Crippen molar-refractivity contribution in [1.82, 2.24) is 5.32 Å². The van der Waals surface area contributed by atoms with E-state index in [1.165, 1.54) is 10.6 Å². The lowest BCUT2D eigenvalue weighted by atomic mass is 10.0. The van der Waals surface area contributed by atoms with Gasteiger partial charge < -0.3 is 10.1 Å². The maximum absolute atomic E-state index is 12.9. The SMILES string of the molecule is CC[C@@H](NC(=O)c1ccc(N(Cc2ccccc2C)S(C)(=O)=O)cc1)c1ccc(OC)c(C)c1. The molecule has 0 fully saturated rings. The van der Waals surface area contributed by atoms with Crippen LogP contribution < -0.4 is 14.4 Å². The third-order valence-corrected chi connectivity index (χ3v) is 7.07. The zero-order valence-electron chi connectivity index (χ0n) is 20.3. The van der Waals surface area contributed by atoms with Gasteiger partial charge in [-0.05, 0) is 72.9 Å². The summed E-state index contributed by atoms with van der Waals surface area (Å²) < 4.78 is 31.7. The molecule has 0 radical (unpaired) electrons. The van der Waals surface area contributed by atoms with Crippen LogP contribution in [0.2, 0.25) is 0 Å². The topological polar surface area (TPSA) is 75.7 Å². The molecule has 3 aromatic carbocycles. The Bertz CT molecular complexity index is 1250. The van der Waals surface area contributed by atoms with Crippen molar-refractivity contribution in [3.8, 4) is 5.75 Å². The first-order valence-corrected chi connectivity index (χ1v) is 13.1. The number of anilines is 1. The molecule has 0 aliphatic carbocycles. The summed E-state index contributed by atoms with van der Waals surface area (Å²) in [6, 6.07) is 20.1. The first kappa shape index (κ1) is 25.3. The van der Waals surface area contributed by atoms with Gasteiger partial charge in [0.25, 0.3) is 5.91 Å². The summed E-state index contributed by atoms with van der Waals surface area (Å²) in [4.78, 5) is 12.9. The van der Waals surface area contributed by atoms with E-state index in [2.05, 4.69) is 5.32 Å². The zero-order chi connectivity index (χ0) is 24.9. The molecule has 0 aliphatic heterocycles. The number of ether oxygens (including phenoxy) is 1. The van der Waals surface area contributed by atoms with E-state index in [0.29, 0.717) is 11.3 Å². The lowest BCUT2D eigenvalue weighted by Gasteiger charge is -2.24. The number of methoxy groups -OCH3 is 1. The van der Waals surface area contributed by atoms with Crippen molar-refractivity contribution < 1.29 is 17.9 Å². The molecule has 6 nitrogen and oxygen atoms in total. The van der Waals surface area contributed by atoms with Gasteiger partial charge in [-0.15, -0.1) is 0 Å². The van der Waals surface area contributed by atoms with Crippen LogP contribution in [0.5, 0.6) is 5.75 Å². The van der Waals surface area contributed by atoms with Crippen molar-refractivity contribution >= 4 is 21.6 Å². The molecule has 0 unspecified atom stereocenters. The van der Waals surface area contributed by atoms with E-state index in [-0.39, 0.29) is 18.5 Å². The minimum absolute atomic E-state index is 0.148. The fourth-order valence-corrected chi connectivity index (χ4v) is 4.78. The number of amides is 1. The number of carbonyl (C=O) groups is 1. The molecule has 7 heteroatoms. The Morgan fingerprint density at radius 3 is 2.24 bits per heavy atom. The average molecular weight is 481 g/mol. The van der Waals surface area contributed by atoms with Crippen molar-refractivity contribution in [2.45, 2.75) is 39.8 Å². The van der Waals surface area contributed by atoms with E-state index < -0.39 is 10.0 Å². The second kappa shape index (κ2) is 10.7. The average Bonchev–Trinajstić information content (AvgIpc) is 2.81.